The maximum absolute atomic E-state index is 10.1. The van der Waals surface area contributed by atoms with E-state index in [2.05, 4.69) is 49.9 Å². The van der Waals surface area contributed by atoms with Gasteiger partial charge in [0.2, 0.25) is 0 Å². The largest absolute Gasteiger partial charge is 0.497 e. The van der Waals surface area contributed by atoms with Gasteiger partial charge in [0.05, 0.1) is 7.11 Å². The van der Waals surface area contributed by atoms with E-state index in [4.69, 9.17) is 4.74 Å². The minimum absolute atomic E-state index is 0.00330. The molecule has 0 spiro atoms. The lowest BCUT2D eigenvalue weighted by Crippen LogP contribution is -2.43. The number of hydrogen-bond donors (Lipinski definition) is 1. The van der Waals surface area contributed by atoms with E-state index in [0.29, 0.717) is 0 Å². The summed E-state index contributed by atoms with van der Waals surface area (Å²) in [5, 5.41) is 10.1. The standard InChI is InChI=1S/C24H33NO2/c1-18-13-20(3)22(14-19(18)2)16-25-11-9-24(17-26,10-12-25)15-21-5-7-23(27-4)8-6-21/h5-8,13-14,26H,9-12,15-17H2,1-4H3. The van der Waals surface area contributed by atoms with Crippen LogP contribution in [-0.2, 0) is 13.0 Å². The molecule has 0 saturated carbocycles. The van der Waals surface area contributed by atoms with Crippen molar-refractivity contribution in [3.63, 3.8) is 0 Å². The molecule has 1 aliphatic rings. The van der Waals surface area contributed by atoms with Gasteiger partial charge in [-0.3, -0.25) is 4.90 Å². The van der Waals surface area contributed by atoms with E-state index >= 15 is 0 Å². The van der Waals surface area contributed by atoms with E-state index in [1.165, 1.54) is 27.8 Å². The van der Waals surface area contributed by atoms with Crippen molar-refractivity contribution >= 4 is 0 Å². The number of aliphatic hydroxyl groups is 1. The highest BCUT2D eigenvalue weighted by Gasteiger charge is 2.34. The number of rotatable bonds is 6. The molecule has 146 valence electrons. The number of piperidine rings is 1. The van der Waals surface area contributed by atoms with Crippen LogP contribution in [0.5, 0.6) is 5.75 Å². The van der Waals surface area contributed by atoms with Crippen LogP contribution in [0.2, 0.25) is 0 Å². The summed E-state index contributed by atoms with van der Waals surface area (Å²) in [7, 11) is 1.69. The van der Waals surface area contributed by atoms with E-state index in [9.17, 15) is 5.11 Å². The first-order chi connectivity index (χ1) is 12.9. The molecule has 1 saturated heterocycles. The van der Waals surface area contributed by atoms with E-state index in [1.807, 2.05) is 12.1 Å². The Kier molecular flexibility index (Phi) is 6.23. The predicted molar refractivity (Wildman–Crippen MR) is 111 cm³/mol. The molecular weight excluding hydrogens is 334 g/mol. The summed E-state index contributed by atoms with van der Waals surface area (Å²) >= 11 is 0. The van der Waals surface area contributed by atoms with Gasteiger partial charge in [0.15, 0.2) is 0 Å². The normalized spacial score (nSPS) is 17.1. The smallest absolute Gasteiger partial charge is 0.118 e. The molecule has 1 N–H and O–H groups in total. The Morgan fingerprint density at radius 3 is 2.19 bits per heavy atom. The monoisotopic (exact) mass is 367 g/mol. The summed E-state index contributed by atoms with van der Waals surface area (Å²) in [4.78, 5) is 2.54. The van der Waals surface area contributed by atoms with Gasteiger partial charge in [-0.1, -0.05) is 24.3 Å². The Morgan fingerprint density at radius 2 is 1.59 bits per heavy atom. The highest BCUT2D eigenvalue weighted by atomic mass is 16.5. The molecule has 0 aliphatic carbocycles. The summed E-state index contributed by atoms with van der Waals surface area (Å²) < 4.78 is 5.25. The molecule has 3 heteroatoms. The SMILES string of the molecule is COc1ccc(CC2(CO)CCN(Cc3cc(C)c(C)cc3C)CC2)cc1. The van der Waals surface area contributed by atoms with Crippen molar-refractivity contribution in [2.75, 3.05) is 26.8 Å². The van der Waals surface area contributed by atoms with Crippen molar-refractivity contribution in [3.05, 3.63) is 64.2 Å². The summed E-state index contributed by atoms with van der Waals surface area (Å²) in [6.07, 6.45) is 3.02. The lowest BCUT2D eigenvalue weighted by Gasteiger charge is -2.41. The molecular formula is C24H33NO2. The third-order valence-electron chi connectivity index (χ3n) is 6.34. The molecule has 0 bridgehead atoms. The summed E-state index contributed by atoms with van der Waals surface area (Å²) in [5.74, 6) is 0.885. The van der Waals surface area contributed by atoms with E-state index < -0.39 is 0 Å². The molecule has 0 amide bonds. The van der Waals surface area contributed by atoms with Crippen molar-refractivity contribution in [2.24, 2.45) is 5.41 Å². The fourth-order valence-corrected chi connectivity index (χ4v) is 4.18. The highest BCUT2D eigenvalue weighted by Crippen LogP contribution is 2.35. The van der Waals surface area contributed by atoms with E-state index in [1.54, 1.807) is 7.11 Å². The Hall–Kier alpha value is -1.84. The zero-order valence-corrected chi connectivity index (χ0v) is 17.2. The Balaban J connectivity index is 1.62. The second-order valence-corrected chi connectivity index (χ2v) is 8.32. The number of nitrogens with zero attached hydrogens (tertiary/aromatic N) is 1. The first-order valence-electron chi connectivity index (χ1n) is 9.97. The van der Waals surface area contributed by atoms with Gasteiger partial charge < -0.3 is 9.84 Å². The minimum atomic E-state index is 0.00330. The van der Waals surface area contributed by atoms with E-state index in [-0.39, 0.29) is 12.0 Å². The molecule has 2 aromatic rings. The van der Waals surface area contributed by atoms with Crippen LogP contribution in [-0.4, -0.2) is 36.8 Å². The average molecular weight is 368 g/mol. The topological polar surface area (TPSA) is 32.7 Å². The molecule has 27 heavy (non-hydrogen) atoms. The fraction of sp³-hybridized carbons (Fsp3) is 0.500. The second-order valence-electron chi connectivity index (χ2n) is 8.32. The fourth-order valence-electron chi connectivity index (χ4n) is 4.18. The molecule has 3 rings (SSSR count). The van der Waals surface area contributed by atoms with Crippen LogP contribution in [0.4, 0.5) is 0 Å². The third kappa shape index (κ3) is 4.72. The van der Waals surface area contributed by atoms with Gasteiger partial charge in [-0.05, 0) is 98.5 Å². The van der Waals surface area contributed by atoms with Gasteiger partial charge in [-0.15, -0.1) is 0 Å². The number of hydrogen-bond acceptors (Lipinski definition) is 3. The highest BCUT2D eigenvalue weighted by molar-refractivity contribution is 5.36. The minimum Gasteiger partial charge on any atom is -0.497 e. The molecule has 1 heterocycles. The van der Waals surface area contributed by atoms with E-state index in [0.717, 1.165) is 44.6 Å². The van der Waals surface area contributed by atoms with Crippen LogP contribution in [0.15, 0.2) is 36.4 Å². The van der Waals surface area contributed by atoms with Gasteiger partial charge >= 0.3 is 0 Å². The first-order valence-corrected chi connectivity index (χ1v) is 9.97. The van der Waals surface area contributed by atoms with Crippen LogP contribution >= 0.6 is 0 Å². The summed E-state index contributed by atoms with van der Waals surface area (Å²) in [5.41, 5.74) is 6.84. The number of ether oxygens (including phenoxy) is 1. The number of benzene rings is 2. The van der Waals surface area contributed by atoms with Crippen LogP contribution < -0.4 is 4.74 Å². The molecule has 0 atom stereocenters. The van der Waals surface area contributed by atoms with Crippen LogP contribution in [0.3, 0.4) is 0 Å². The molecule has 0 aromatic heterocycles. The first kappa shape index (κ1) is 19.9. The van der Waals surface area contributed by atoms with Crippen molar-refractivity contribution in [2.45, 2.75) is 46.6 Å². The van der Waals surface area contributed by atoms with Crippen molar-refractivity contribution in [1.82, 2.24) is 4.90 Å². The van der Waals surface area contributed by atoms with Gasteiger partial charge in [0, 0.05) is 13.2 Å². The maximum atomic E-state index is 10.1. The number of likely N-dealkylation sites (tertiary alicyclic amines) is 1. The van der Waals surface area contributed by atoms with Crippen LogP contribution in [0, 0.1) is 26.2 Å². The lowest BCUT2D eigenvalue weighted by molar-refractivity contribution is 0.0413. The average Bonchev–Trinajstić information content (AvgIpc) is 2.68. The van der Waals surface area contributed by atoms with Gasteiger partial charge in [0.25, 0.3) is 0 Å². The molecule has 1 fully saturated rings. The Bertz CT molecular complexity index is 759. The van der Waals surface area contributed by atoms with Crippen molar-refractivity contribution in [1.29, 1.82) is 0 Å². The lowest BCUT2D eigenvalue weighted by atomic mass is 9.74. The molecule has 0 unspecified atom stereocenters. The number of aryl methyl sites for hydroxylation is 3. The molecule has 2 aromatic carbocycles. The maximum Gasteiger partial charge on any atom is 0.118 e. The Labute approximate surface area is 164 Å². The summed E-state index contributed by atoms with van der Waals surface area (Å²) in [6.45, 7) is 9.95. The van der Waals surface area contributed by atoms with Crippen LogP contribution in [0.1, 0.15) is 40.7 Å². The number of aliphatic hydroxyl groups excluding tert-OH is 1. The third-order valence-corrected chi connectivity index (χ3v) is 6.34. The molecule has 0 radical (unpaired) electrons. The van der Waals surface area contributed by atoms with Gasteiger partial charge in [0.1, 0.15) is 5.75 Å². The van der Waals surface area contributed by atoms with Crippen LogP contribution in [0.25, 0.3) is 0 Å². The van der Waals surface area contributed by atoms with Crippen molar-refractivity contribution in [3.8, 4) is 5.75 Å². The molecule has 3 nitrogen and oxygen atoms in total. The predicted octanol–water partition coefficient (Wildman–Crippen LogP) is 4.44. The van der Waals surface area contributed by atoms with Gasteiger partial charge in [-0.25, -0.2) is 0 Å². The van der Waals surface area contributed by atoms with Crippen molar-refractivity contribution < 1.29 is 9.84 Å². The zero-order valence-electron chi connectivity index (χ0n) is 17.2. The van der Waals surface area contributed by atoms with Gasteiger partial charge in [-0.2, -0.15) is 0 Å². The zero-order chi connectivity index (χ0) is 19.4. The Morgan fingerprint density at radius 1 is 0.963 bits per heavy atom. The molecule has 1 aliphatic heterocycles. The summed E-state index contributed by atoms with van der Waals surface area (Å²) in [6, 6.07) is 12.9. The quantitative estimate of drug-likeness (QED) is 0.819. The second kappa shape index (κ2) is 8.45. The number of methoxy groups -OCH3 is 1.